The van der Waals surface area contributed by atoms with Crippen LogP contribution in [-0.4, -0.2) is 14.7 Å². The van der Waals surface area contributed by atoms with E-state index >= 15 is 0 Å². The van der Waals surface area contributed by atoms with Crippen molar-refractivity contribution in [3.05, 3.63) is 36.6 Å². The summed E-state index contributed by atoms with van der Waals surface area (Å²) in [5, 5.41) is 1.16. The maximum absolute atomic E-state index is 8.88. The lowest BCUT2D eigenvalue weighted by atomic mass is 10.3. The molecule has 76 valence electrons. The van der Waals surface area contributed by atoms with E-state index in [0.717, 1.165) is 11.0 Å². The molecule has 1 aromatic carbocycles. The van der Waals surface area contributed by atoms with Crippen molar-refractivity contribution in [2.24, 2.45) is 0 Å². The Bertz CT molecular complexity index is 405. The fourth-order valence-electron chi connectivity index (χ4n) is 0.906. The minimum Gasteiger partial charge on any atom is -0.464 e. The Morgan fingerprint density at radius 3 is 2.21 bits per heavy atom. The summed E-state index contributed by atoms with van der Waals surface area (Å²) in [4.78, 5) is 21.6. The van der Waals surface area contributed by atoms with Crippen LogP contribution in [0.15, 0.2) is 41.0 Å². The number of hydrogen-bond acceptors (Lipinski definition) is 2. The molecule has 0 aliphatic rings. The monoisotopic (exact) mass is 216 g/mol. The molecule has 0 bridgehead atoms. The molecule has 2 aromatic rings. The first-order chi connectivity index (χ1) is 6.47. The maximum Gasteiger partial charge on any atom is 0.466 e. The van der Waals surface area contributed by atoms with Crippen LogP contribution >= 0.6 is 7.82 Å². The standard InChI is InChI=1S/C8H6O.H3O4P/c1-2-4-8-7(3-1)5-6-9-8;1-5(2,3)4/h1-6H;(H3,1,2,3,4). The van der Waals surface area contributed by atoms with Crippen molar-refractivity contribution >= 4 is 18.8 Å². The Morgan fingerprint density at radius 1 is 1.07 bits per heavy atom. The van der Waals surface area contributed by atoms with Gasteiger partial charge in [0.1, 0.15) is 5.58 Å². The zero-order valence-corrected chi connectivity index (χ0v) is 7.96. The first kappa shape index (κ1) is 10.9. The van der Waals surface area contributed by atoms with Crippen molar-refractivity contribution in [1.29, 1.82) is 0 Å². The average molecular weight is 216 g/mol. The highest BCUT2D eigenvalue weighted by atomic mass is 31.2. The molecule has 0 fully saturated rings. The number of hydrogen-bond donors (Lipinski definition) is 3. The van der Waals surface area contributed by atoms with E-state index in [2.05, 4.69) is 0 Å². The topological polar surface area (TPSA) is 90.9 Å². The van der Waals surface area contributed by atoms with Gasteiger partial charge >= 0.3 is 7.82 Å². The molecule has 0 saturated carbocycles. The first-order valence-electron chi connectivity index (χ1n) is 3.67. The largest absolute Gasteiger partial charge is 0.466 e. The van der Waals surface area contributed by atoms with E-state index in [9.17, 15) is 0 Å². The predicted molar refractivity (Wildman–Crippen MR) is 50.5 cm³/mol. The van der Waals surface area contributed by atoms with Crippen LogP contribution in [0.2, 0.25) is 0 Å². The molecule has 14 heavy (non-hydrogen) atoms. The van der Waals surface area contributed by atoms with Gasteiger partial charge in [0.05, 0.1) is 6.26 Å². The summed E-state index contributed by atoms with van der Waals surface area (Å²) in [6.07, 6.45) is 1.70. The molecule has 0 spiro atoms. The van der Waals surface area contributed by atoms with Gasteiger partial charge in [-0.05, 0) is 12.1 Å². The predicted octanol–water partition coefficient (Wildman–Crippen LogP) is 1.50. The molecule has 5 nitrogen and oxygen atoms in total. The minimum absolute atomic E-state index is 0.956. The summed E-state index contributed by atoms with van der Waals surface area (Å²) in [5.41, 5.74) is 0.956. The lowest BCUT2D eigenvalue weighted by molar-refractivity contribution is 0.275. The van der Waals surface area contributed by atoms with E-state index in [1.54, 1.807) is 6.26 Å². The van der Waals surface area contributed by atoms with Crippen molar-refractivity contribution in [3.63, 3.8) is 0 Å². The SMILES string of the molecule is O=P(O)(O)O.c1ccc2occc2c1. The van der Waals surface area contributed by atoms with Crippen molar-refractivity contribution in [3.8, 4) is 0 Å². The summed E-state index contributed by atoms with van der Waals surface area (Å²) < 4.78 is 14.0. The molecular formula is C8H9O5P. The normalized spacial score (nSPS) is 10.8. The number of fused-ring (bicyclic) bond motifs is 1. The van der Waals surface area contributed by atoms with Gasteiger partial charge in [-0.25, -0.2) is 4.57 Å². The van der Waals surface area contributed by atoms with E-state index in [1.807, 2.05) is 30.3 Å². The zero-order valence-electron chi connectivity index (χ0n) is 7.07. The summed E-state index contributed by atoms with van der Waals surface area (Å²) >= 11 is 0. The third kappa shape index (κ3) is 4.20. The van der Waals surface area contributed by atoms with Crippen LogP contribution < -0.4 is 0 Å². The Hall–Kier alpha value is -1.13. The second-order valence-electron chi connectivity index (χ2n) is 2.47. The minimum atomic E-state index is -4.64. The molecule has 0 radical (unpaired) electrons. The highest BCUT2D eigenvalue weighted by Crippen LogP contribution is 2.25. The number of benzene rings is 1. The Kier molecular flexibility index (Phi) is 3.43. The van der Waals surface area contributed by atoms with Gasteiger partial charge in [0.15, 0.2) is 0 Å². The Balaban J connectivity index is 0.000000171. The van der Waals surface area contributed by atoms with Gasteiger partial charge in [-0.1, -0.05) is 18.2 Å². The van der Waals surface area contributed by atoms with Crippen molar-refractivity contribution in [2.45, 2.75) is 0 Å². The lowest BCUT2D eigenvalue weighted by Gasteiger charge is -1.82. The fraction of sp³-hybridized carbons (Fsp3) is 0. The van der Waals surface area contributed by atoms with Crippen LogP contribution in [0.4, 0.5) is 0 Å². The number of rotatable bonds is 0. The van der Waals surface area contributed by atoms with Crippen molar-refractivity contribution in [1.82, 2.24) is 0 Å². The maximum atomic E-state index is 8.88. The van der Waals surface area contributed by atoms with Gasteiger partial charge in [0, 0.05) is 5.39 Å². The summed E-state index contributed by atoms with van der Waals surface area (Å²) in [5.74, 6) is 0. The Labute approximate surface area is 79.8 Å². The van der Waals surface area contributed by atoms with Gasteiger partial charge in [0.25, 0.3) is 0 Å². The molecule has 1 aromatic heterocycles. The van der Waals surface area contributed by atoms with Gasteiger partial charge in [0.2, 0.25) is 0 Å². The highest BCUT2D eigenvalue weighted by Gasteiger charge is 2.00. The third-order valence-electron chi connectivity index (χ3n) is 1.36. The molecule has 0 atom stereocenters. The van der Waals surface area contributed by atoms with Gasteiger partial charge in [-0.2, -0.15) is 0 Å². The quantitative estimate of drug-likeness (QED) is 0.580. The molecule has 1 heterocycles. The van der Waals surface area contributed by atoms with Crippen LogP contribution in [0.5, 0.6) is 0 Å². The molecule has 0 unspecified atom stereocenters. The average Bonchev–Trinajstić information content (AvgIpc) is 2.47. The second-order valence-corrected chi connectivity index (χ2v) is 3.50. The van der Waals surface area contributed by atoms with Crippen LogP contribution in [0.25, 0.3) is 11.0 Å². The molecule has 0 amide bonds. The van der Waals surface area contributed by atoms with Gasteiger partial charge in [-0.15, -0.1) is 0 Å². The lowest BCUT2D eigenvalue weighted by Crippen LogP contribution is -1.66. The summed E-state index contributed by atoms with van der Waals surface area (Å²) in [6, 6.07) is 9.90. The number of furan rings is 1. The van der Waals surface area contributed by atoms with E-state index in [-0.39, 0.29) is 0 Å². The van der Waals surface area contributed by atoms with Crippen molar-refractivity contribution in [2.75, 3.05) is 0 Å². The number of para-hydroxylation sites is 1. The third-order valence-corrected chi connectivity index (χ3v) is 1.36. The number of phosphoric acid groups is 1. The van der Waals surface area contributed by atoms with Crippen LogP contribution in [0.3, 0.4) is 0 Å². The van der Waals surface area contributed by atoms with E-state index in [1.165, 1.54) is 0 Å². The molecule has 0 aliphatic carbocycles. The van der Waals surface area contributed by atoms with E-state index in [4.69, 9.17) is 23.7 Å². The summed E-state index contributed by atoms with van der Waals surface area (Å²) in [7, 11) is -4.64. The molecule has 3 N–H and O–H groups in total. The second kappa shape index (κ2) is 4.39. The summed E-state index contributed by atoms with van der Waals surface area (Å²) in [6.45, 7) is 0. The van der Waals surface area contributed by atoms with Gasteiger partial charge in [-0.3, -0.25) is 0 Å². The van der Waals surface area contributed by atoms with Crippen LogP contribution in [-0.2, 0) is 4.57 Å². The molecule has 0 saturated heterocycles. The molecule has 2 rings (SSSR count). The van der Waals surface area contributed by atoms with Gasteiger partial charge < -0.3 is 19.1 Å². The van der Waals surface area contributed by atoms with Crippen LogP contribution in [0.1, 0.15) is 0 Å². The zero-order chi connectivity index (χ0) is 10.6. The van der Waals surface area contributed by atoms with E-state index in [0.29, 0.717) is 0 Å². The molecular weight excluding hydrogens is 207 g/mol. The smallest absolute Gasteiger partial charge is 0.464 e. The van der Waals surface area contributed by atoms with E-state index < -0.39 is 7.82 Å². The molecule has 0 aliphatic heterocycles. The Morgan fingerprint density at radius 2 is 1.64 bits per heavy atom. The van der Waals surface area contributed by atoms with Crippen LogP contribution in [0, 0.1) is 0 Å². The fourth-order valence-corrected chi connectivity index (χ4v) is 0.906. The van der Waals surface area contributed by atoms with Crippen molar-refractivity contribution < 1.29 is 23.7 Å². The highest BCUT2D eigenvalue weighted by molar-refractivity contribution is 7.45. The molecule has 6 heteroatoms. The first-order valence-corrected chi connectivity index (χ1v) is 5.24.